The van der Waals surface area contributed by atoms with Crippen molar-refractivity contribution in [2.24, 2.45) is 0 Å². The van der Waals surface area contributed by atoms with E-state index < -0.39 is 0 Å². The Balaban J connectivity index is 1.92. The number of rotatable bonds is 6. The van der Waals surface area contributed by atoms with Gasteiger partial charge in [-0.1, -0.05) is 12.5 Å². The van der Waals surface area contributed by atoms with Gasteiger partial charge in [0, 0.05) is 13.1 Å². The monoisotopic (exact) mass is 293 g/mol. The lowest BCUT2D eigenvalue weighted by Gasteiger charge is -2.33. The quantitative estimate of drug-likeness (QED) is 0.623. The Hall–Kier alpha value is -1.33. The third-order valence-electron chi connectivity index (χ3n) is 3.57. The molecule has 110 valence electrons. The van der Waals surface area contributed by atoms with E-state index >= 15 is 0 Å². The summed E-state index contributed by atoms with van der Waals surface area (Å²) in [7, 11) is 0. The average Bonchev–Trinajstić information content (AvgIpc) is 3.00. The highest BCUT2D eigenvalue weighted by molar-refractivity contribution is 7.80. The highest BCUT2D eigenvalue weighted by atomic mass is 32.1. The smallest absolute Gasteiger partial charge is 0.166 e. The zero-order valence-corrected chi connectivity index (χ0v) is 12.6. The molecule has 0 radical (unpaired) electrons. The third-order valence-corrected chi connectivity index (χ3v) is 3.85. The van der Waals surface area contributed by atoms with Crippen LogP contribution in [0.3, 0.4) is 0 Å². The minimum absolute atomic E-state index is 0.244. The van der Waals surface area contributed by atoms with Crippen molar-refractivity contribution in [1.82, 2.24) is 15.5 Å². The molecule has 4 nitrogen and oxygen atoms in total. The summed E-state index contributed by atoms with van der Waals surface area (Å²) in [5.41, 5.74) is 0. The summed E-state index contributed by atoms with van der Waals surface area (Å²) in [6.07, 6.45) is 7.38. The fourth-order valence-corrected chi connectivity index (χ4v) is 2.70. The van der Waals surface area contributed by atoms with Crippen molar-refractivity contribution in [1.29, 1.82) is 0 Å². The molecule has 2 heterocycles. The maximum absolute atomic E-state index is 5.60. The highest BCUT2D eigenvalue weighted by Gasteiger charge is 2.24. The topological polar surface area (TPSA) is 40.4 Å². The Morgan fingerprint density at radius 2 is 2.20 bits per heavy atom. The van der Waals surface area contributed by atoms with Crippen molar-refractivity contribution >= 4 is 17.3 Å². The average molecular weight is 293 g/mol. The molecule has 1 aromatic heterocycles. The summed E-state index contributed by atoms with van der Waals surface area (Å²) in [5, 5.41) is 7.03. The lowest BCUT2D eigenvalue weighted by Crippen LogP contribution is -2.43. The van der Waals surface area contributed by atoms with E-state index in [-0.39, 0.29) is 6.04 Å². The fourth-order valence-electron chi connectivity index (χ4n) is 2.54. The van der Waals surface area contributed by atoms with Gasteiger partial charge in [-0.2, -0.15) is 0 Å². The number of piperidine rings is 1. The van der Waals surface area contributed by atoms with E-state index in [0.29, 0.717) is 11.7 Å². The standard InChI is InChI=1S/C15H23N3OS/c1-2-8-16-15(20)17-12-13(14-7-6-11-19-14)18-9-4-3-5-10-18/h2,6-7,11,13H,1,3-5,8-10,12H2,(H2,16,17,20). The molecule has 20 heavy (non-hydrogen) atoms. The number of thiocarbonyl (C=S) groups is 1. The van der Waals surface area contributed by atoms with E-state index in [4.69, 9.17) is 16.6 Å². The zero-order valence-electron chi connectivity index (χ0n) is 11.8. The summed E-state index contributed by atoms with van der Waals surface area (Å²) in [5.74, 6) is 1.01. The van der Waals surface area contributed by atoms with Crippen molar-refractivity contribution in [3.63, 3.8) is 0 Å². The van der Waals surface area contributed by atoms with E-state index in [1.165, 1.54) is 19.3 Å². The van der Waals surface area contributed by atoms with Gasteiger partial charge in [-0.25, -0.2) is 0 Å². The van der Waals surface area contributed by atoms with E-state index in [0.717, 1.165) is 25.4 Å². The first-order valence-corrected chi connectivity index (χ1v) is 7.62. The molecule has 1 saturated heterocycles. The van der Waals surface area contributed by atoms with Crippen LogP contribution in [-0.2, 0) is 0 Å². The third kappa shape index (κ3) is 4.35. The van der Waals surface area contributed by atoms with Crippen molar-refractivity contribution in [3.8, 4) is 0 Å². The van der Waals surface area contributed by atoms with Gasteiger partial charge in [0.25, 0.3) is 0 Å². The predicted octanol–water partition coefficient (Wildman–Crippen LogP) is 2.46. The van der Waals surface area contributed by atoms with Crippen LogP contribution in [0.1, 0.15) is 31.1 Å². The Labute approximate surface area is 126 Å². The van der Waals surface area contributed by atoms with Gasteiger partial charge < -0.3 is 15.1 Å². The lowest BCUT2D eigenvalue weighted by molar-refractivity contribution is 0.146. The molecule has 2 rings (SSSR count). The first kappa shape index (κ1) is 15.1. The molecule has 1 fully saturated rings. The molecular weight excluding hydrogens is 270 g/mol. The van der Waals surface area contributed by atoms with Gasteiger partial charge >= 0.3 is 0 Å². The normalized spacial score (nSPS) is 17.4. The molecule has 2 N–H and O–H groups in total. The Bertz CT molecular complexity index is 413. The van der Waals surface area contributed by atoms with Crippen LogP contribution in [-0.4, -0.2) is 36.2 Å². The molecule has 1 aliphatic rings. The maximum Gasteiger partial charge on any atom is 0.166 e. The van der Waals surface area contributed by atoms with E-state index in [1.807, 2.05) is 12.1 Å². The van der Waals surface area contributed by atoms with E-state index in [1.54, 1.807) is 12.3 Å². The second-order valence-corrected chi connectivity index (χ2v) is 5.42. The van der Waals surface area contributed by atoms with Gasteiger partial charge in [0.15, 0.2) is 5.11 Å². The van der Waals surface area contributed by atoms with Crippen LogP contribution in [0.2, 0.25) is 0 Å². The molecule has 0 amide bonds. The molecule has 5 heteroatoms. The lowest BCUT2D eigenvalue weighted by atomic mass is 10.1. The molecule has 0 aliphatic carbocycles. The molecule has 0 bridgehead atoms. The highest BCUT2D eigenvalue weighted by Crippen LogP contribution is 2.24. The minimum atomic E-state index is 0.244. The Morgan fingerprint density at radius 3 is 2.85 bits per heavy atom. The van der Waals surface area contributed by atoms with Crippen molar-refractivity contribution < 1.29 is 4.42 Å². The molecule has 1 aliphatic heterocycles. The van der Waals surface area contributed by atoms with Crippen molar-refractivity contribution in [3.05, 3.63) is 36.8 Å². The summed E-state index contributed by atoms with van der Waals surface area (Å²) in [6, 6.07) is 4.23. The first-order valence-electron chi connectivity index (χ1n) is 7.21. The maximum atomic E-state index is 5.60. The van der Waals surface area contributed by atoms with Crippen LogP contribution in [0, 0.1) is 0 Å². The second kappa shape index (κ2) is 8.07. The van der Waals surface area contributed by atoms with E-state index in [9.17, 15) is 0 Å². The largest absolute Gasteiger partial charge is 0.468 e. The number of likely N-dealkylation sites (tertiary alicyclic amines) is 1. The molecule has 1 atom stereocenters. The molecule has 1 unspecified atom stereocenters. The summed E-state index contributed by atoms with van der Waals surface area (Å²) >= 11 is 5.25. The zero-order chi connectivity index (χ0) is 14.2. The fraction of sp³-hybridized carbons (Fsp3) is 0.533. The van der Waals surface area contributed by atoms with Gasteiger partial charge in [0.05, 0.1) is 12.3 Å². The molecular formula is C15H23N3OS. The predicted molar refractivity (Wildman–Crippen MR) is 85.7 cm³/mol. The summed E-state index contributed by atoms with van der Waals surface area (Å²) < 4.78 is 5.60. The SMILES string of the molecule is C=CCNC(=S)NCC(c1ccco1)N1CCCCC1. The minimum Gasteiger partial charge on any atom is -0.468 e. The van der Waals surface area contributed by atoms with Crippen molar-refractivity contribution in [2.75, 3.05) is 26.2 Å². The van der Waals surface area contributed by atoms with E-state index in [2.05, 4.69) is 22.1 Å². The van der Waals surface area contributed by atoms with Crippen molar-refractivity contribution in [2.45, 2.75) is 25.3 Å². The molecule has 0 aromatic carbocycles. The summed E-state index contributed by atoms with van der Waals surface area (Å²) in [4.78, 5) is 2.48. The van der Waals surface area contributed by atoms with Gasteiger partial charge in [-0.3, -0.25) is 4.90 Å². The number of hydrogen-bond donors (Lipinski definition) is 2. The van der Waals surface area contributed by atoms with Crippen LogP contribution in [0.5, 0.6) is 0 Å². The van der Waals surface area contributed by atoms with Crippen LogP contribution in [0.4, 0.5) is 0 Å². The number of nitrogens with zero attached hydrogens (tertiary/aromatic N) is 1. The van der Waals surface area contributed by atoms with Crippen LogP contribution >= 0.6 is 12.2 Å². The summed E-state index contributed by atoms with van der Waals surface area (Å²) in [6.45, 7) is 7.36. The van der Waals surface area contributed by atoms with Crippen LogP contribution in [0.25, 0.3) is 0 Å². The number of furan rings is 1. The van der Waals surface area contributed by atoms with Gasteiger partial charge in [0.2, 0.25) is 0 Å². The number of hydrogen-bond acceptors (Lipinski definition) is 3. The Morgan fingerprint density at radius 1 is 1.40 bits per heavy atom. The second-order valence-electron chi connectivity index (χ2n) is 5.01. The Kier molecular flexibility index (Phi) is 6.08. The van der Waals surface area contributed by atoms with Gasteiger partial charge in [-0.05, 0) is 50.3 Å². The first-order chi connectivity index (χ1) is 9.81. The molecule has 0 spiro atoms. The van der Waals surface area contributed by atoms with Crippen LogP contribution in [0.15, 0.2) is 35.5 Å². The van der Waals surface area contributed by atoms with Crippen LogP contribution < -0.4 is 10.6 Å². The molecule has 1 aromatic rings. The van der Waals surface area contributed by atoms with Gasteiger partial charge in [-0.15, -0.1) is 6.58 Å². The molecule has 0 saturated carbocycles. The van der Waals surface area contributed by atoms with Gasteiger partial charge in [0.1, 0.15) is 5.76 Å². The number of nitrogens with one attached hydrogen (secondary N) is 2.